The van der Waals surface area contributed by atoms with Crippen LogP contribution in [-0.4, -0.2) is 39.4 Å². The van der Waals surface area contributed by atoms with Gasteiger partial charge in [-0.15, -0.1) is 0 Å². The van der Waals surface area contributed by atoms with Crippen molar-refractivity contribution < 1.29 is 9.84 Å². The van der Waals surface area contributed by atoms with Crippen molar-refractivity contribution in [3.05, 3.63) is 161 Å². The van der Waals surface area contributed by atoms with Gasteiger partial charge in [0.1, 0.15) is 5.75 Å². The normalized spacial score (nSPS) is 12.5. The molecule has 7 rings (SSSR count). The minimum atomic E-state index is 0.121. The summed E-state index contributed by atoms with van der Waals surface area (Å²) in [6, 6.07) is 31.2. The van der Waals surface area contributed by atoms with Crippen LogP contribution in [0.2, 0.25) is 0 Å². The summed E-state index contributed by atoms with van der Waals surface area (Å²) in [5.74, 6) is 0.889. The Hall–Kier alpha value is -5.32. The van der Waals surface area contributed by atoms with E-state index in [0.29, 0.717) is 0 Å². The average molecular weight is 693 g/mol. The van der Waals surface area contributed by atoms with Crippen LogP contribution >= 0.6 is 0 Å². The van der Waals surface area contributed by atoms with Gasteiger partial charge < -0.3 is 19.6 Å². The lowest BCUT2D eigenvalue weighted by Crippen LogP contribution is -2.34. The van der Waals surface area contributed by atoms with Crippen LogP contribution in [0.1, 0.15) is 64.3 Å². The number of rotatable bonds is 7. The summed E-state index contributed by atoms with van der Waals surface area (Å²) in [4.78, 5) is 4.71. The second-order valence-corrected chi connectivity index (χ2v) is 13.3. The zero-order valence-corrected chi connectivity index (χ0v) is 31.9. The highest BCUT2D eigenvalue weighted by atomic mass is 16.5. The monoisotopic (exact) mass is 692 g/mol. The number of hydrogen-bond donors (Lipinski definition) is 1. The second-order valence-electron chi connectivity index (χ2n) is 13.3. The molecule has 5 aromatic rings. The highest BCUT2D eigenvalue weighted by molar-refractivity contribution is 5.99. The summed E-state index contributed by atoms with van der Waals surface area (Å²) in [5, 5.41) is 11.3. The van der Waals surface area contributed by atoms with Gasteiger partial charge in [0.25, 0.3) is 0 Å². The number of hydrogen-bond acceptors (Lipinski definition) is 4. The van der Waals surface area contributed by atoms with Crippen LogP contribution in [0, 0.1) is 6.92 Å². The maximum Gasteiger partial charge on any atom is 0.126 e. The van der Waals surface area contributed by atoms with Gasteiger partial charge in [0, 0.05) is 49.5 Å². The van der Waals surface area contributed by atoms with Gasteiger partial charge in [-0.1, -0.05) is 117 Å². The van der Waals surface area contributed by atoms with Gasteiger partial charge in [-0.3, -0.25) is 0 Å². The lowest BCUT2D eigenvalue weighted by atomic mass is 9.90. The predicted molar refractivity (Wildman–Crippen MR) is 229 cm³/mol. The smallest absolute Gasteiger partial charge is 0.126 e. The molecular formula is C48H56N2O2. The van der Waals surface area contributed by atoms with Crippen LogP contribution in [-0.2, 0) is 19.4 Å². The number of fused-ring (bicyclic) bond motifs is 1. The van der Waals surface area contributed by atoms with E-state index in [2.05, 4.69) is 92.2 Å². The van der Waals surface area contributed by atoms with Crippen molar-refractivity contribution >= 4 is 46.5 Å². The van der Waals surface area contributed by atoms with Crippen LogP contribution in [0.25, 0.3) is 35.1 Å². The van der Waals surface area contributed by atoms with Gasteiger partial charge >= 0.3 is 0 Å². The van der Waals surface area contributed by atoms with Gasteiger partial charge in [-0.05, 0) is 108 Å². The molecule has 4 heteroatoms. The highest BCUT2D eigenvalue weighted by Gasteiger charge is 2.23. The van der Waals surface area contributed by atoms with Crippen LogP contribution in [0.3, 0.4) is 0 Å². The fraction of sp³-hybridized carbons (Fsp3) is 0.250. The van der Waals surface area contributed by atoms with E-state index in [1.165, 1.54) is 77.5 Å². The molecule has 1 N–H and O–H groups in total. The van der Waals surface area contributed by atoms with Gasteiger partial charge in [-0.25, -0.2) is 0 Å². The number of aliphatic hydroxyl groups is 1. The molecule has 0 aliphatic carbocycles. The molecule has 0 saturated carbocycles. The summed E-state index contributed by atoms with van der Waals surface area (Å²) in [7, 11) is 5.80. The highest BCUT2D eigenvalue weighted by Crippen LogP contribution is 2.36. The molecule has 0 saturated heterocycles. The number of allylic oxidation sites excluding steroid dienone is 1. The molecule has 0 unspecified atom stereocenters. The summed E-state index contributed by atoms with van der Waals surface area (Å²) in [6.07, 6.45) is 14.8. The van der Waals surface area contributed by atoms with Crippen LogP contribution in [0.4, 0.5) is 11.4 Å². The molecule has 0 spiro atoms. The number of anilines is 2. The number of nitrogens with zero attached hydrogens (tertiary/aromatic N) is 2. The molecule has 0 bridgehead atoms. The Kier molecular flexibility index (Phi) is 15.1. The Morgan fingerprint density at radius 2 is 1.37 bits per heavy atom. The first-order valence-corrected chi connectivity index (χ1v) is 18.2. The molecule has 2 heterocycles. The van der Waals surface area contributed by atoms with E-state index >= 15 is 0 Å². The maximum absolute atomic E-state index is 8.74. The average Bonchev–Trinajstić information content (AvgIpc) is 3.18. The molecule has 0 amide bonds. The molecule has 2 aliphatic heterocycles. The van der Waals surface area contributed by atoms with Crippen LogP contribution < -0.4 is 14.5 Å². The minimum Gasteiger partial charge on any atom is -0.496 e. The maximum atomic E-state index is 8.74. The molecule has 5 aromatic carbocycles. The van der Waals surface area contributed by atoms with Crippen molar-refractivity contribution in [3.63, 3.8) is 0 Å². The molecule has 2 aliphatic rings. The van der Waals surface area contributed by atoms with E-state index < -0.39 is 0 Å². The van der Waals surface area contributed by atoms with E-state index in [-0.39, 0.29) is 6.61 Å². The lowest BCUT2D eigenvalue weighted by molar-refractivity contribution is 0.282. The fourth-order valence-electron chi connectivity index (χ4n) is 6.74. The molecule has 270 valence electrons. The first-order chi connectivity index (χ1) is 25.3. The third-order valence-electron chi connectivity index (χ3n) is 9.36. The minimum absolute atomic E-state index is 0.121. The van der Waals surface area contributed by atoms with Crippen molar-refractivity contribution in [2.24, 2.45) is 0 Å². The van der Waals surface area contributed by atoms with Gasteiger partial charge in [-0.2, -0.15) is 0 Å². The molecule has 52 heavy (non-hydrogen) atoms. The molecular weight excluding hydrogens is 637 g/mol. The second kappa shape index (κ2) is 19.9. The van der Waals surface area contributed by atoms with Gasteiger partial charge in [0.2, 0.25) is 0 Å². The third kappa shape index (κ3) is 10.4. The van der Waals surface area contributed by atoms with E-state index in [0.717, 1.165) is 16.9 Å². The topological polar surface area (TPSA) is 35.9 Å². The van der Waals surface area contributed by atoms with E-state index in [9.17, 15) is 0 Å². The predicted octanol–water partition coefficient (Wildman–Crippen LogP) is 11.4. The number of methoxy groups -OCH3 is 1. The Labute approximate surface area is 312 Å². The van der Waals surface area contributed by atoms with Gasteiger partial charge in [0.15, 0.2) is 0 Å². The molecule has 4 nitrogen and oxygen atoms in total. The third-order valence-corrected chi connectivity index (χ3v) is 9.36. The number of benzene rings is 5. The van der Waals surface area contributed by atoms with Crippen molar-refractivity contribution in [2.75, 3.05) is 44.1 Å². The Balaban J connectivity index is 0.000000157. The fourth-order valence-corrected chi connectivity index (χ4v) is 6.74. The summed E-state index contributed by atoms with van der Waals surface area (Å²) >= 11 is 0. The SMILES string of the molecule is C/C=C/c1ccc(CO)cc1.C=Cc1cc2c3c(c1)CCCN3CCC2.C=Cc1ccc(C)cc1OC.C=Cc1ccc(N(C)C)c2ccccc12. The van der Waals surface area contributed by atoms with Crippen LogP contribution in [0.5, 0.6) is 5.75 Å². The van der Waals surface area contributed by atoms with E-state index in [4.69, 9.17) is 9.84 Å². The first kappa shape index (κ1) is 39.5. The molecule has 0 radical (unpaired) electrons. The van der Waals surface area contributed by atoms with Crippen molar-refractivity contribution in [2.45, 2.75) is 46.1 Å². The Morgan fingerprint density at radius 3 is 1.90 bits per heavy atom. The summed E-state index contributed by atoms with van der Waals surface area (Å²) < 4.78 is 5.15. The van der Waals surface area contributed by atoms with Crippen LogP contribution in [0.15, 0.2) is 117 Å². The number of aliphatic hydroxyl groups excluding tert-OH is 1. The Morgan fingerprint density at radius 1 is 0.750 bits per heavy atom. The molecule has 0 aromatic heterocycles. The van der Waals surface area contributed by atoms with Gasteiger partial charge in [0.05, 0.1) is 13.7 Å². The Bertz CT molecular complexity index is 1940. The largest absolute Gasteiger partial charge is 0.496 e. The lowest BCUT2D eigenvalue weighted by Gasteiger charge is -2.37. The zero-order chi connectivity index (χ0) is 37.5. The number of ether oxygens (including phenoxy) is 1. The van der Waals surface area contributed by atoms with Crippen molar-refractivity contribution in [1.29, 1.82) is 0 Å². The molecule has 0 fully saturated rings. The quantitative estimate of drug-likeness (QED) is 0.184. The summed E-state index contributed by atoms with van der Waals surface area (Å²) in [5.41, 5.74) is 12.8. The van der Waals surface area contributed by atoms with E-state index in [1.807, 2.05) is 80.6 Å². The van der Waals surface area contributed by atoms with Crippen molar-refractivity contribution in [3.8, 4) is 5.75 Å². The standard InChI is InChI=1S/C14H17N.C14H15N.2C10H12O/c1-2-11-9-12-5-3-7-15-8-4-6-13(10-11)14(12)15;1-4-11-9-10-14(15(2)3)13-8-6-5-7-12(11)13;1-4-9-6-5-8(2)7-10(9)11-3;1-2-3-9-4-6-10(8-11)7-5-9/h2,9-10H,1,3-8H2;4-10H,1H2,2-3H3;4-7H,1H2,2-3H3;2-7,11H,8H2,1H3/b;;;3-2+. The number of aryl methyl sites for hydroxylation is 3. The van der Waals surface area contributed by atoms with E-state index in [1.54, 1.807) is 30.0 Å². The summed E-state index contributed by atoms with van der Waals surface area (Å²) in [6.45, 7) is 18.1. The first-order valence-electron chi connectivity index (χ1n) is 18.2. The van der Waals surface area contributed by atoms with Crippen molar-refractivity contribution in [1.82, 2.24) is 0 Å². The zero-order valence-electron chi connectivity index (χ0n) is 31.9. The molecule has 0 atom stereocenters.